The summed E-state index contributed by atoms with van der Waals surface area (Å²) in [6.07, 6.45) is 6.94. The standard InChI is InChI=1S/C17H32N2O3/c1-16(2,3)22-15(20)18-14-7-11-19(12-8-14)13-17(21)9-5-4-6-10-17/h14,21H,4-13H2,1-3H3,(H,18,20). The maximum Gasteiger partial charge on any atom is 0.407 e. The molecule has 1 heterocycles. The second kappa shape index (κ2) is 7.18. The second-order valence-corrected chi connectivity index (χ2v) is 7.98. The van der Waals surface area contributed by atoms with Crippen molar-refractivity contribution in [3.05, 3.63) is 0 Å². The molecule has 5 nitrogen and oxygen atoms in total. The fraction of sp³-hybridized carbons (Fsp3) is 0.941. The van der Waals surface area contributed by atoms with Crippen molar-refractivity contribution in [1.82, 2.24) is 10.2 Å². The van der Waals surface area contributed by atoms with Crippen LogP contribution in [-0.2, 0) is 4.74 Å². The number of amides is 1. The van der Waals surface area contributed by atoms with E-state index in [-0.39, 0.29) is 12.1 Å². The molecule has 1 saturated carbocycles. The number of β-amino-alcohol motifs (C(OH)–C–C–N with tert-alkyl or cyclic N) is 1. The summed E-state index contributed by atoms with van der Waals surface area (Å²) in [6, 6.07) is 0.187. The Morgan fingerprint density at radius 1 is 1.23 bits per heavy atom. The third-order valence-corrected chi connectivity index (χ3v) is 4.61. The molecule has 0 spiro atoms. The van der Waals surface area contributed by atoms with Crippen molar-refractivity contribution in [3.63, 3.8) is 0 Å². The fourth-order valence-electron chi connectivity index (χ4n) is 3.49. The zero-order valence-electron chi connectivity index (χ0n) is 14.4. The van der Waals surface area contributed by atoms with Crippen molar-refractivity contribution in [3.8, 4) is 0 Å². The molecule has 1 saturated heterocycles. The number of carbonyl (C=O) groups is 1. The van der Waals surface area contributed by atoms with E-state index < -0.39 is 11.2 Å². The molecule has 0 aromatic heterocycles. The molecule has 0 aromatic rings. The van der Waals surface area contributed by atoms with Crippen LogP contribution in [0.4, 0.5) is 4.79 Å². The number of likely N-dealkylation sites (tertiary alicyclic amines) is 1. The number of aliphatic hydroxyl groups is 1. The lowest BCUT2D eigenvalue weighted by Crippen LogP contribution is -2.50. The third kappa shape index (κ3) is 5.76. The van der Waals surface area contributed by atoms with Crippen LogP contribution in [0.5, 0.6) is 0 Å². The minimum Gasteiger partial charge on any atom is -0.444 e. The number of piperidine rings is 1. The van der Waals surface area contributed by atoms with Crippen LogP contribution in [0.3, 0.4) is 0 Å². The Morgan fingerprint density at radius 3 is 2.36 bits per heavy atom. The summed E-state index contributed by atoms with van der Waals surface area (Å²) < 4.78 is 5.30. The van der Waals surface area contributed by atoms with Crippen LogP contribution in [0.25, 0.3) is 0 Å². The summed E-state index contributed by atoms with van der Waals surface area (Å²) >= 11 is 0. The van der Waals surface area contributed by atoms with Crippen LogP contribution in [0.1, 0.15) is 65.7 Å². The highest BCUT2D eigenvalue weighted by Crippen LogP contribution is 2.29. The number of nitrogens with one attached hydrogen (secondary N) is 1. The largest absolute Gasteiger partial charge is 0.444 e. The molecule has 0 bridgehead atoms. The molecule has 22 heavy (non-hydrogen) atoms. The minimum atomic E-state index is -0.482. The number of nitrogens with zero attached hydrogens (tertiary/aromatic N) is 1. The number of hydrogen-bond acceptors (Lipinski definition) is 4. The van der Waals surface area contributed by atoms with Crippen LogP contribution in [0.15, 0.2) is 0 Å². The molecular formula is C17H32N2O3. The first-order valence-corrected chi connectivity index (χ1v) is 8.70. The smallest absolute Gasteiger partial charge is 0.407 e. The lowest BCUT2D eigenvalue weighted by molar-refractivity contribution is -0.0316. The molecule has 2 rings (SSSR count). The van der Waals surface area contributed by atoms with Gasteiger partial charge in [-0.15, -0.1) is 0 Å². The molecule has 2 N–H and O–H groups in total. The topological polar surface area (TPSA) is 61.8 Å². The molecule has 1 aliphatic heterocycles. The summed E-state index contributed by atoms with van der Waals surface area (Å²) in [7, 11) is 0. The van der Waals surface area contributed by atoms with Crippen LogP contribution in [0.2, 0.25) is 0 Å². The Morgan fingerprint density at radius 2 is 1.82 bits per heavy atom. The van der Waals surface area contributed by atoms with Crippen molar-refractivity contribution in [2.75, 3.05) is 19.6 Å². The Bertz CT molecular complexity index is 365. The highest BCUT2D eigenvalue weighted by Gasteiger charge is 2.33. The number of carbonyl (C=O) groups excluding carboxylic acids is 1. The molecule has 2 aliphatic rings. The van der Waals surface area contributed by atoms with E-state index in [0.717, 1.165) is 58.2 Å². The maximum atomic E-state index is 11.8. The van der Waals surface area contributed by atoms with Crippen LogP contribution < -0.4 is 5.32 Å². The summed E-state index contributed by atoms with van der Waals surface area (Å²) in [6.45, 7) is 8.28. The molecule has 0 radical (unpaired) electrons. The van der Waals surface area contributed by atoms with Gasteiger partial charge in [-0.05, 0) is 46.5 Å². The Hall–Kier alpha value is -0.810. The number of rotatable bonds is 3. The zero-order chi connectivity index (χ0) is 16.2. The predicted molar refractivity (Wildman–Crippen MR) is 86.9 cm³/mol. The average Bonchev–Trinajstić information content (AvgIpc) is 2.39. The van der Waals surface area contributed by atoms with Crippen molar-refractivity contribution in [2.45, 2.75) is 83.0 Å². The lowest BCUT2D eigenvalue weighted by Gasteiger charge is -2.40. The van der Waals surface area contributed by atoms with Crippen LogP contribution >= 0.6 is 0 Å². The SMILES string of the molecule is CC(C)(C)OC(=O)NC1CCN(CC2(O)CCCCC2)CC1. The minimum absolute atomic E-state index is 0.187. The van der Waals surface area contributed by atoms with Gasteiger partial charge < -0.3 is 20.1 Å². The predicted octanol–water partition coefficient (Wildman–Crippen LogP) is 2.67. The normalized spacial score (nSPS) is 24.0. The monoisotopic (exact) mass is 312 g/mol. The van der Waals surface area contributed by atoms with Gasteiger partial charge in [0.2, 0.25) is 0 Å². The molecule has 1 aliphatic carbocycles. The fourth-order valence-corrected chi connectivity index (χ4v) is 3.49. The molecule has 0 aromatic carbocycles. The van der Waals surface area contributed by atoms with E-state index in [4.69, 9.17) is 4.74 Å². The average molecular weight is 312 g/mol. The molecule has 128 valence electrons. The summed E-state index contributed by atoms with van der Waals surface area (Å²) in [5.74, 6) is 0. The number of ether oxygens (including phenoxy) is 1. The quantitative estimate of drug-likeness (QED) is 0.841. The third-order valence-electron chi connectivity index (χ3n) is 4.61. The van der Waals surface area contributed by atoms with E-state index >= 15 is 0 Å². The Labute approximate surface area is 134 Å². The van der Waals surface area contributed by atoms with Crippen LogP contribution in [0, 0.1) is 0 Å². The van der Waals surface area contributed by atoms with Crippen molar-refractivity contribution >= 4 is 6.09 Å². The van der Waals surface area contributed by atoms with Gasteiger partial charge in [0.25, 0.3) is 0 Å². The van der Waals surface area contributed by atoms with E-state index in [9.17, 15) is 9.90 Å². The molecule has 1 amide bonds. The first-order chi connectivity index (χ1) is 10.3. The van der Waals surface area contributed by atoms with E-state index in [1.165, 1.54) is 6.42 Å². The van der Waals surface area contributed by atoms with Gasteiger partial charge >= 0.3 is 6.09 Å². The Balaban J connectivity index is 1.70. The van der Waals surface area contributed by atoms with Gasteiger partial charge in [0.1, 0.15) is 5.60 Å². The highest BCUT2D eigenvalue weighted by molar-refractivity contribution is 5.68. The van der Waals surface area contributed by atoms with Gasteiger partial charge in [-0.25, -0.2) is 4.79 Å². The Kier molecular flexibility index (Phi) is 5.72. The van der Waals surface area contributed by atoms with Gasteiger partial charge in [-0.3, -0.25) is 0 Å². The molecule has 0 atom stereocenters. The molecule has 2 fully saturated rings. The highest BCUT2D eigenvalue weighted by atomic mass is 16.6. The number of alkyl carbamates (subject to hydrolysis) is 1. The van der Waals surface area contributed by atoms with Crippen molar-refractivity contribution < 1.29 is 14.6 Å². The maximum absolute atomic E-state index is 11.8. The molecule has 0 unspecified atom stereocenters. The van der Waals surface area contributed by atoms with E-state index in [0.29, 0.717) is 0 Å². The molecular weight excluding hydrogens is 280 g/mol. The summed E-state index contributed by atoms with van der Waals surface area (Å²) in [5.41, 5.74) is -0.932. The lowest BCUT2D eigenvalue weighted by atomic mass is 9.84. The van der Waals surface area contributed by atoms with E-state index in [2.05, 4.69) is 10.2 Å². The van der Waals surface area contributed by atoms with Crippen LogP contribution in [-0.4, -0.2) is 53.0 Å². The van der Waals surface area contributed by atoms with Crippen molar-refractivity contribution in [1.29, 1.82) is 0 Å². The zero-order valence-corrected chi connectivity index (χ0v) is 14.4. The van der Waals surface area contributed by atoms with E-state index in [1.54, 1.807) is 0 Å². The summed E-state index contributed by atoms with van der Waals surface area (Å²) in [5, 5.41) is 13.6. The first-order valence-electron chi connectivity index (χ1n) is 8.70. The molecule has 5 heteroatoms. The van der Waals surface area contributed by atoms with Crippen molar-refractivity contribution in [2.24, 2.45) is 0 Å². The summed E-state index contributed by atoms with van der Waals surface area (Å²) in [4.78, 5) is 14.1. The van der Waals surface area contributed by atoms with Gasteiger partial charge in [0.05, 0.1) is 5.60 Å². The number of hydrogen-bond donors (Lipinski definition) is 2. The van der Waals surface area contributed by atoms with Gasteiger partial charge in [-0.2, -0.15) is 0 Å². The van der Waals surface area contributed by atoms with Gasteiger partial charge in [0.15, 0.2) is 0 Å². The second-order valence-electron chi connectivity index (χ2n) is 7.98. The van der Waals surface area contributed by atoms with Gasteiger partial charge in [-0.1, -0.05) is 19.3 Å². The first kappa shape index (κ1) is 17.5. The van der Waals surface area contributed by atoms with E-state index in [1.807, 2.05) is 20.8 Å². The van der Waals surface area contributed by atoms with Gasteiger partial charge in [0, 0.05) is 25.7 Å².